The zero-order chi connectivity index (χ0) is 13.1. The van der Waals surface area contributed by atoms with Crippen LogP contribution in [0.1, 0.15) is 13.8 Å². The van der Waals surface area contributed by atoms with Crippen LogP contribution in [0.15, 0.2) is 12.2 Å². The van der Waals surface area contributed by atoms with Crippen LogP contribution in [0.3, 0.4) is 0 Å². The highest BCUT2D eigenvalue weighted by Gasteiger charge is 2.65. The number of aliphatic carboxylic acids is 1. The zero-order valence-electron chi connectivity index (χ0n) is 10.5. The molecule has 0 saturated carbocycles. The molecule has 1 amide bonds. The summed E-state index contributed by atoms with van der Waals surface area (Å²) in [6, 6.07) is 0. The average Bonchev–Trinajstić information content (AvgIpc) is 2.87. The van der Waals surface area contributed by atoms with Crippen molar-refractivity contribution in [2.45, 2.75) is 25.6 Å². The molecule has 2 bridgehead atoms. The molecule has 0 aromatic rings. The molecular weight excluding hydrogens is 234 g/mol. The van der Waals surface area contributed by atoms with Crippen LogP contribution < -0.4 is 5.11 Å². The molecule has 0 aromatic heterocycles. The van der Waals surface area contributed by atoms with Gasteiger partial charge >= 0.3 is 0 Å². The highest BCUT2D eigenvalue weighted by Crippen LogP contribution is 2.51. The predicted molar refractivity (Wildman–Crippen MR) is 60.1 cm³/mol. The molecule has 3 aliphatic rings. The van der Waals surface area contributed by atoms with E-state index in [2.05, 4.69) is 0 Å². The molecule has 18 heavy (non-hydrogen) atoms. The third-order valence-electron chi connectivity index (χ3n) is 4.04. The second kappa shape index (κ2) is 3.57. The van der Waals surface area contributed by atoms with Gasteiger partial charge in [-0.1, -0.05) is 26.0 Å². The maximum absolute atomic E-state index is 12.3. The van der Waals surface area contributed by atoms with Gasteiger partial charge in [0.1, 0.15) is 5.60 Å². The van der Waals surface area contributed by atoms with E-state index < -0.39 is 29.5 Å². The first-order valence-corrected chi connectivity index (χ1v) is 6.31. The number of carbonyl (C=O) groups is 2. The molecule has 2 fully saturated rings. The van der Waals surface area contributed by atoms with Crippen molar-refractivity contribution in [3.8, 4) is 0 Å². The number of hydrogen-bond acceptors (Lipinski definition) is 4. The van der Waals surface area contributed by atoms with Gasteiger partial charge in [0.15, 0.2) is 0 Å². The summed E-state index contributed by atoms with van der Waals surface area (Å²) in [5.74, 6) is -2.37. The van der Waals surface area contributed by atoms with Gasteiger partial charge in [-0.25, -0.2) is 0 Å². The molecule has 3 aliphatic heterocycles. The van der Waals surface area contributed by atoms with Crippen LogP contribution in [0.2, 0.25) is 0 Å². The first-order chi connectivity index (χ1) is 8.44. The minimum Gasteiger partial charge on any atom is -0.550 e. The van der Waals surface area contributed by atoms with Crippen molar-refractivity contribution in [1.82, 2.24) is 4.90 Å². The zero-order valence-corrected chi connectivity index (χ0v) is 10.5. The lowest BCUT2D eigenvalue weighted by molar-refractivity contribution is -0.313. The van der Waals surface area contributed by atoms with E-state index in [0.29, 0.717) is 19.0 Å². The molecule has 2 saturated heterocycles. The van der Waals surface area contributed by atoms with Crippen molar-refractivity contribution in [3.63, 3.8) is 0 Å². The number of amides is 1. The summed E-state index contributed by atoms with van der Waals surface area (Å²) in [4.78, 5) is 25.3. The summed E-state index contributed by atoms with van der Waals surface area (Å²) in [7, 11) is 0. The third-order valence-corrected chi connectivity index (χ3v) is 4.04. The minimum atomic E-state index is -1.18. The Morgan fingerprint density at radius 1 is 1.67 bits per heavy atom. The molecule has 3 rings (SSSR count). The number of ether oxygens (including phenoxy) is 1. The Kier molecular flexibility index (Phi) is 2.32. The van der Waals surface area contributed by atoms with E-state index in [9.17, 15) is 14.7 Å². The second-order valence-electron chi connectivity index (χ2n) is 5.83. The summed E-state index contributed by atoms with van der Waals surface area (Å²) >= 11 is 0. The quantitative estimate of drug-likeness (QED) is 0.613. The summed E-state index contributed by atoms with van der Waals surface area (Å²) in [5, 5.41) is 11.2. The van der Waals surface area contributed by atoms with Crippen LogP contribution in [0.25, 0.3) is 0 Å². The van der Waals surface area contributed by atoms with Crippen LogP contribution in [0, 0.1) is 17.8 Å². The number of carbonyl (C=O) groups excluding carboxylic acids is 2. The van der Waals surface area contributed by atoms with Crippen LogP contribution in [-0.2, 0) is 14.3 Å². The van der Waals surface area contributed by atoms with E-state index in [4.69, 9.17) is 4.74 Å². The monoisotopic (exact) mass is 250 g/mol. The topological polar surface area (TPSA) is 69.7 Å². The van der Waals surface area contributed by atoms with Crippen molar-refractivity contribution in [2.75, 3.05) is 13.1 Å². The fraction of sp³-hybridized carbons (Fsp3) is 0.692. The maximum Gasteiger partial charge on any atom is 0.229 e. The number of fused-ring (bicyclic) bond motifs is 1. The average molecular weight is 250 g/mol. The lowest BCUT2D eigenvalue weighted by Crippen LogP contribution is -2.45. The summed E-state index contributed by atoms with van der Waals surface area (Å²) in [6.45, 7) is 5.16. The molecule has 0 N–H and O–H groups in total. The second-order valence-corrected chi connectivity index (χ2v) is 5.83. The largest absolute Gasteiger partial charge is 0.550 e. The van der Waals surface area contributed by atoms with Crippen molar-refractivity contribution >= 4 is 11.9 Å². The van der Waals surface area contributed by atoms with Crippen LogP contribution in [0.4, 0.5) is 0 Å². The number of hydrogen-bond donors (Lipinski definition) is 0. The molecule has 1 spiro atoms. The van der Waals surface area contributed by atoms with Gasteiger partial charge in [0.05, 0.1) is 18.6 Å². The smallest absolute Gasteiger partial charge is 0.229 e. The Hall–Kier alpha value is -1.36. The lowest BCUT2D eigenvalue weighted by Gasteiger charge is -2.24. The standard InChI is InChI=1S/C13H17NO4/c1-7(2)5-14-6-13-4-3-8(18-13)9(12(16)17)10(13)11(14)15/h3-4,7-10H,5-6H2,1-2H3,(H,16,17)/p-1/t8-,9+,10-,13+/m1/s1. The van der Waals surface area contributed by atoms with E-state index in [-0.39, 0.29) is 5.91 Å². The molecular formula is C13H16NO4-. The molecule has 98 valence electrons. The SMILES string of the molecule is CC(C)CN1C[C@]23C=C[C@@H](O2)[C@H](C(=O)[O-])[C@@H]3C1=O. The fourth-order valence-electron chi connectivity index (χ4n) is 3.44. The van der Waals surface area contributed by atoms with E-state index in [1.165, 1.54) is 0 Å². The normalized spacial score (nSPS) is 40.9. The fourth-order valence-corrected chi connectivity index (χ4v) is 3.44. The van der Waals surface area contributed by atoms with E-state index >= 15 is 0 Å². The molecule has 0 unspecified atom stereocenters. The maximum atomic E-state index is 12.3. The molecule has 3 heterocycles. The van der Waals surface area contributed by atoms with Gasteiger partial charge in [0.2, 0.25) is 5.91 Å². The summed E-state index contributed by atoms with van der Waals surface area (Å²) < 4.78 is 5.75. The molecule has 0 aromatic carbocycles. The van der Waals surface area contributed by atoms with E-state index in [0.717, 1.165) is 0 Å². The Bertz CT molecular complexity index is 444. The third kappa shape index (κ3) is 1.37. The van der Waals surface area contributed by atoms with Gasteiger partial charge in [-0.2, -0.15) is 0 Å². The molecule has 5 nitrogen and oxygen atoms in total. The number of likely N-dealkylation sites (tertiary alicyclic amines) is 1. The van der Waals surface area contributed by atoms with Crippen LogP contribution in [0.5, 0.6) is 0 Å². The minimum absolute atomic E-state index is 0.107. The van der Waals surface area contributed by atoms with Gasteiger partial charge in [0.25, 0.3) is 0 Å². The van der Waals surface area contributed by atoms with E-state index in [1.54, 1.807) is 11.0 Å². The molecule has 4 atom stereocenters. The molecule has 0 radical (unpaired) electrons. The Morgan fingerprint density at radius 3 is 3.00 bits per heavy atom. The Balaban J connectivity index is 1.92. The van der Waals surface area contributed by atoms with Crippen molar-refractivity contribution in [1.29, 1.82) is 0 Å². The van der Waals surface area contributed by atoms with Gasteiger partial charge < -0.3 is 19.5 Å². The molecule has 5 heteroatoms. The van der Waals surface area contributed by atoms with Gasteiger partial charge in [-0.15, -0.1) is 0 Å². The Labute approximate surface area is 105 Å². The summed E-state index contributed by atoms with van der Waals surface area (Å²) in [5.41, 5.74) is -0.721. The molecule has 0 aliphatic carbocycles. The van der Waals surface area contributed by atoms with Gasteiger partial charge in [0, 0.05) is 18.4 Å². The van der Waals surface area contributed by atoms with Gasteiger partial charge in [-0.3, -0.25) is 4.79 Å². The van der Waals surface area contributed by atoms with Crippen molar-refractivity contribution in [3.05, 3.63) is 12.2 Å². The number of carboxylic acids is 1. The van der Waals surface area contributed by atoms with Gasteiger partial charge in [-0.05, 0) is 5.92 Å². The number of rotatable bonds is 3. The lowest BCUT2D eigenvalue weighted by atomic mass is 9.77. The number of nitrogens with zero attached hydrogens (tertiary/aromatic N) is 1. The highest BCUT2D eigenvalue weighted by atomic mass is 16.5. The Morgan fingerprint density at radius 2 is 2.39 bits per heavy atom. The van der Waals surface area contributed by atoms with E-state index in [1.807, 2.05) is 19.9 Å². The predicted octanol–water partition coefficient (Wildman–Crippen LogP) is -0.826. The van der Waals surface area contributed by atoms with Crippen molar-refractivity contribution < 1.29 is 19.4 Å². The first kappa shape index (κ1) is 11.7. The first-order valence-electron chi connectivity index (χ1n) is 6.31. The summed E-state index contributed by atoms with van der Waals surface area (Å²) in [6.07, 6.45) is 3.12. The van der Waals surface area contributed by atoms with Crippen LogP contribution in [-0.4, -0.2) is 41.6 Å². The van der Waals surface area contributed by atoms with Crippen LogP contribution >= 0.6 is 0 Å². The van der Waals surface area contributed by atoms with Crippen molar-refractivity contribution in [2.24, 2.45) is 17.8 Å². The number of carboxylic acid groups (broad SMARTS) is 1. The highest BCUT2D eigenvalue weighted by molar-refractivity contribution is 5.90.